The highest BCUT2D eigenvalue weighted by Crippen LogP contribution is 2.22. The van der Waals surface area contributed by atoms with Crippen LogP contribution in [0.2, 0.25) is 10.0 Å². The molecule has 0 fully saturated rings. The van der Waals surface area contributed by atoms with Gasteiger partial charge in [0.25, 0.3) is 5.95 Å². The van der Waals surface area contributed by atoms with Crippen LogP contribution in [0.25, 0.3) is 5.95 Å². The van der Waals surface area contributed by atoms with Crippen molar-refractivity contribution in [1.29, 1.82) is 0 Å². The molecular formula is C14H12Cl2N6. The van der Waals surface area contributed by atoms with E-state index in [0.29, 0.717) is 21.6 Å². The fraction of sp³-hybridized carbons (Fsp3) is 0.143. The van der Waals surface area contributed by atoms with Crippen LogP contribution < -0.4 is 0 Å². The van der Waals surface area contributed by atoms with Crippen molar-refractivity contribution in [2.45, 2.75) is 13.8 Å². The van der Waals surface area contributed by atoms with E-state index < -0.39 is 0 Å². The van der Waals surface area contributed by atoms with Gasteiger partial charge in [-0.15, -0.1) is 10.2 Å². The monoisotopic (exact) mass is 334 g/mol. The lowest BCUT2D eigenvalue weighted by atomic mass is 10.2. The molecule has 2 aromatic heterocycles. The van der Waals surface area contributed by atoms with Gasteiger partial charge in [-0.1, -0.05) is 29.3 Å². The Morgan fingerprint density at radius 1 is 1.18 bits per heavy atom. The highest BCUT2D eigenvalue weighted by Gasteiger charge is 2.10. The minimum absolute atomic E-state index is 0.491. The summed E-state index contributed by atoms with van der Waals surface area (Å²) in [5.41, 5.74) is 2.47. The Morgan fingerprint density at radius 3 is 2.55 bits per heavy atom. The molecule has 6 nitrogen and oxygen atoms in total. The molecule has 0 aliphatic rings. The minimum Gasteiger partial charge on any atom is -0.202 e. The lowest BCUT2D eigenvalue weighted by Gasteiger charge is -2.03. The molecule has 3 aromatic rings. The number of aryl methyl sites for hydroxylation is 2. The van der Waals surface area contributed by atoms with E-state index in [2.05, 4.69) is 20.4 Å². The van der Waals surface area contributed by atoms with E-state index in [4.69, 9.17) is 23.2 Å². The first kappa shape index (κ1) is 14.7. The van der Waals surface area contributed by atoms with E-state index in [-0.39, 0.29) is 0 Å². The number of benzene rings is 1. The summed E-state index contributed by atoms with van der Waals surface area (Å²) in [5.74, 6) is 0.491. The van der Waals surface area contributed by atoms with Crippen LogP contribution in [0.4, 0.5) is 0 Å². The van der Waals surface area contributed by atoms with Gasteiger partial charge in [0.2, 0.25) is 0 Å². The molecule has 22 heavy (non-hydrogen) atoms. The zero-order valence-electron chi connectivity index (χ0n) is 11.9. The lowest BCUT2D eigenvalue weighted by Crippen LogP contribution is -2.06. The van der Waals surface area contributed by atoms with Gasteiger partial charge >= 0.3 is 0 Å². The summed E-state index contributed by atoms with van der Waals surface area (Å²) >= 11 is 12.2. The number of hydrogen-bond acceptors (Lipinski definition) is 4. The maximum atomic E-state index is 6.12. The van der Waals surface area contributed by atoms with Gasteiger partial charge < -0.3 is 0 Å². The Bertz CT molecular complexity index is 829. The van der Waals surface area contributed by atoms with Crippen molar-refractivity contribution in [3.05, 3.63) is 57.6 Å². The van der Waals surface area contributed by atoms with Crippen LogP contribution in [-0.2, 0) is 0 Å². The molecule has 0 spiro atoms. The Kier molecular flexibility index (Phi) is 3.96. The van der Waals surface area contributed by atoms with Gasteiger partial charge in [0.05, 0.1) is 22.0 Å². The molecule has 0 amide bonds. The smallest absolute Gasteiger partial charge is 0.202 e. The van der Waals surface area contributed by atoms with Gasteiger partial charge in [-0.25, -0.2) is 4.68 Å². The van der Waals surface area contributed by atoms with E-state index in [9.17, 15) is 0 Å². The van der Waals surface area contributed by atoms with Crippen LogP contribution in [0, 0.1) is 13.8 Å². The fourth-order valence-electron chi connectivity index (χ4n) is 2.03. The summed E-state index contributed by atoms with van der Waals surface area (Å²) in [7, 11) is 0. The quantitative estimate of drug-likeness (QED) is 0.690. The van der Waals surface area contributed by atoms with Crippen molar-refractivity contribution in [3.63, 3.8) is 0 Å². The van der Waals surface area contributed by atoms with E-state index >= 15 is 0 Å². The van der Waals surface area contributed by atoms with Gasteiger partial charge in [0.1, 0.15) is 6.33 Å². The molecule has 3 rings (SSSR count). The summed E-state index contributed by atoms with van der Waals surface area (Å²) in [5, 5.41) is 17.7. The van der Waals surface area contributed by atoms with Gasteiger partial charge in [-0.05, 0) is 32.0 Å². The second-order valence-electron chi connectivity index (χ2n) is 4.69. The molecule has 2 heterocycles. The first-order valence-electron chi connectivity index (χ1n) is 6.48. The van der Waals surface area contributed by atoms with Crippen molar-refractivity contribution >= 4 is 29.4 Å². The number of rotatable bonds is 3. The average Bonchev–Trinajstić information content (AvgIpc) is 3.04. The Morgan fingerprint density at radius 2 is 1.91 bits per heavy atom. The summed E-state index contributed by atoms with van der Waals surface area (Å²) in [6, 6.07) is 7.24. The molecule has 0 aliphatic carbocycles. The molecule has 0 aliphatic heterocycles. The third-order valence-electron chi connectivity index (χ3n) is 3.02. The lowest BCUT2D eigenvalue weighted by molar-refractivity contribution is 0.717. The molecule has 0 bridgehead atoms. The number of hydrogen-bond donors (Lipinski definition) is 0. The highest BCUT2D eigenvalue weighted by atomic mass is 35.5. The summed E-state index contributed by atoms with van der Waals surface area (Å²) in [6.45, 7) is 3.85. The molecule has 0 unspecified atom stereocenters. The van der Waals surface area contributed by atoms with Crippen molar-refractivity contribution in [2.24, 2.45) is 5.10 Å². The van der Waals surface area contributed by atoms with Gasteiger partial charge in [-0.2, -0.15) is 14.9 Å². The second kappa shape index (κ2) is 5.90. The van der Waals surface area contributed by atoms with E-state index in [0.717, 1.165) is 11.4 Å². The molecule has 112 valence electrons. The average molecular weight is 335 g/mol. The van der Waals surface area contributed by atoms with Crippen molar-refractivity contribution in [1.82, 2.24) is 24.7 Å². The third-order valence-corrected chi connectivity index (χ3v) is 3.68. The predicted octanol–water partition coefficient (Wildman–Crippen LogP) is 3.27. The zero-order chi connectivity index (χ0) is 15.7. The molecule has 0 radical (unpaired) electrons. The molecule has 0 atom stereocenters. The van der Waals surface area contributed by atoms with Crippen LogP contribution in [0.5, 0.6) is 0 Å². The Balaban J connectivity index is 2.00. The highest BCUT2D eigenvalue weighted by molar-refractivity contribution is 6.38. The molecule has 1 aromatic carbocycles. The number of aromatic nitrogens is 5. The molecule has 0 N–H and O–H groups in total. The fourth-order valence-corrected chi connectivity index (χ4v) is 2.53. The maximum absolute atomic E-state index is 6.12. The Hall–Kier alpha value is -2.18. The van der Waals surface area contributed by atoms with E-state index in [1.807, 2.05) is 19.9 Å². The first-order chi connectivity index (χ1) is 10.6. The van der Waals surface area contributed by atoms with Crippen LogP contribution in [0.1, 0.15) is 17.0 Å². The maximum Gasteiger partial charge on any atom is 0.273 e. The normalized spacial score (nSPS) is 11.5. The molecule has 0 saturated heterocycles. The van der Waals surface area contributed by atoms with Gasteiger partial charge in [0.15, 0.2) is 0 Å². The minimum atomic E-state index is 0.491. The van der Waals surface area contributed by atoms with E-state index in [1.54, 1.807) is 29.1 Å². The SMILES string of the molecule is Cc1cc(C)n(-c2nncn2/N=C\c2c(Cl)cccc2Cl)n1. The van der Waals surface area contributed by atoms with Crippen LogP contribution in [0.15, 0.2) is 35.7 Å². The van der Waals surface area contributed by atoms with Crippen molar-refractivity contribution in [2.75, 3.05) is 0 Å². The summed E-state index contributed by atoms with van der Waals surface area (Å²) in [4.78, 5) is 0. The number of nitrogens with zero attached hydrogens (tertiary/aromatic N) is 6. The van der Waals surface area contributed by atoms with Gasteiger partial charge in [-0.3, -0.25) is 0 Å². The second-order valence-corrected chi connectivity index (χ2v) is 5.51. The molecule has 8 heteroatoms. The van der Waals surface area contributed by atoms with Crippen LogP contribution in [-0.4, -0.2) is 30.9 Å². The first-order valence-corrected chi connectivity index (χ1v) is 7.24. The predicted molar refractivity (Wildman–Crippen MR) is 86.1 cm³/mol. The zero-order valence-corrected chi connectivity index (χ0v) is 13.4. The standard InChI is InChI=1S/C14H12Cl2N6/c1-9-6-10(2)22(20-9)14-19-17-8-21(14)18-7-11-12(15)4-3-5-13(11)16/h3-8H,1-2H3/b18-7-. The van der Waals surface area contributed by atoms with Gasteiger partial charge in [0, 0.05) is 11.3 Å². The Labute approximate surface area is 137 Å². The van der Waals surface area contributed by atoms with Crippen molar-refractivity contribution in [3.8, 4) is 5.95 Å². The summed E-state index contributed by atoms with van der Waals surface area (Å²) < 4.78 is 3.19. The largest absolute Gasteiger partial charge is 0.273 e. The molecular weight excluding hydrogens is 323 g/mol. The number of halogens is 2. The molecule has 0 saturated carbocycles. The van der Waals surface area contributed by atoms with Crippen LogP contribution >= 0.6 is 23.2 Å². The van der Waals surface area contributed by atoms with Crippen molar-refractivity contribution < 1.29 is 0 Å². The van der Waals surface area contributed by atoms with Crippen LogP contribution in [0.3, 0.4) is 0 Å². The summed E-state index contributed by atoms with van der Waals surface area (Å²) in [6.07, 6.45) is 3.07. The van der Waals surface area contributed by atoms with E-state index in [1.165, 1.54) is 11.0 Å². The third kappa shape index (κ3) is 2.75. The topological polar surface area (TPSA) is 60.9 Å².